The Hall–Kier alpha value is -2.57. The average molecular weight is 308 g/mol. The first-order chi connectivity index (χ1) is 10.4. The maximum Gasteiger partial charge on any atom is 0.326 e. The Kier molecular flexibility index (Phi) is 6.88. The number of carbonyl (C=O) groups excluding carboxylic acids is 2. The molecule has 1 aromatic carbocycles. The van der Waals surface area contributed by atoms with Crippen LogP contribution in [-0.2, 0) is 14.4 Å². The second kappa shape index (κ2) is 8.66. The molecule has 1 aromatic rings. The zero-order chi connectivity index (χ0) is 16.5. The Bertz CT molecular complexity index is 516. The summed E-state index contributed by atoms with van der Waals surface area (Å²) in [6, 6.07) is 7.81. The van der Waals surface area contributed by atoms with Gasteiger partial charge in [-0.1, -0.05) is 32.0 Å². The molecule has 0 spiro atoms. The average Bonchev–Trinajstić information content (AvgIpc) is 2.49. The highest BCUT2D eigenvalue weighted by Crippen LogP contribution is 2.07. The largest absolute Gasteiger partial charge is 0.484 e. The fourth-order valence-corrected chi connectivity index (χ4v) is 1.63. The summed E-state index contributed by atoms with van der Waals surface area (Å²) in [5, 5.41) is 13.7. The Balaban J connectivity index is 2.31. The van der Waals surface area contributed by atoms with Crippen molar-refractivity contribution in [2.75, 3.05) is 13.2 Å². The fourth-order valence-electron chi connectivity index (χ4n) is 1.63. The number of benzene rings is 1. The molecule has 0 aliphatic heterocycles. The number of carboxylic acids is 1. The number of para-hydroxylation sites is 1. The second-order valence-corrected chi connectivity index (χ2v) is 5.01. The summed E-state index contributed by atoms with van der Waals surface area (Å²) in [5.41, 5.74) is 0. The molecule has 0 saturated carbocycles. The van der Waals surface area contributed by atoms with Crippen molar-refractivity contribution < 1.29 is 24.2 Å². The minimum absolute atomic E-state index is 0.218. The van der Waals surface area contributed by atoms with E-state index in [1.807, 2.05) is 6.07 Å². The van der Waals surface area contributed by atoms with Crippen LogP contribution < -0.4 is 15.4 Å². The van der Waals surface area contributed by atoms with Crippen LogP contribution in [0.25, 0.3) is 0 Å². The number of nitrogens with one attached hydrogen (secondary N) is 2. The lowest BCUT2D eigenvalue weighted by Gasteiger charge is -2.18. The van der Waals surface area contributed by atoms with Crippen LogP contribution in [-0.4, -0.2) is 42.1 Å². The third kappa shape index (κ3) is 6.25. The number of aliphatic carboxylic acids is 1. The molecule has 7 nitrogen and oxygen atoms in total. The Morgan fingerprint density at radius 2 is 1.77 bits per heavy atom. The molecule has 0 radical (unpaired) electrons. The second-order valence-electron chi connectivity index (χ2n) is 5.01. The number of hydrogen-bond donors (Lipinski definition) is 3. The van der Waals surface area contributed by atoms with Gasteiger partial charge in [-0.05, 0) is 18.1 Å². The van der Waals surface area contributed by atoms with Gasteiger partial charge in [0, 0.05) is 0 Å². The van der Waals surface area contributed by atoms with E-state index in [9.17, 15) is 14.4 Å². The van der Waals surface area contributed by atoms with E-state index < -0.39 is 23.8 Å². The van der Waals surface area contributed by atoms with Gasteiger partial charge >= 0.3 is 5.97 Å². The molecule has 0 bridgehead atoms. The van der Waals surface area contributed by atoms with E-state index in [0.717, 1.165) is 0 Å². The van der Waals surface area contributed by atoms with Crippen LogP contribution in [0.5, 0.6) is 5.75 Å². The molecule has 120 valence electrons. The minimum Gasteiger partial charge on any atom is -0.484 e. The first-order valence-electron chi connectivity index (χ1n) is 6.87. The molecular weight excluding hydrogens is 288 g/mol. The highest BCUT2D eigenvalue weighted by Gasteiger charge is 2.23. The number of carbonyl (C=O) groups is 3. The van der Waals surface area contributed by atoms with Gasteiger partial charge in [-0.3, -0.25) is 9.59 Å². The Morgan fingerprint density at radius 3 is 2.32 bits per heavy atom. The van der Waals surface area contributed by atoms with Crippen LogP contribution in [0, 0.1) is 5.92 Å². The predicted octanol–water partition coefficient (Wildman–Crippen LogP) is 0.407. The van der Waals surface area contributed by atoms with Crippen molar-refractivity contribution in [2.24, 2.45) is 5.92 Å². The topological polar surface area (TPSA) is 105 Å². The molecule has 0 saturated heterocycles. The summed E-state index contributed by atoms with van der Waals surface area (Å²) in [6.45, 7) is 2.86. The summed E-state index contributed by atoms with van der Waals surface area (Å²) >= 11 is 0. The van der Waals surface area contributed by atoms with E-state index in [1.165, 1.54) is 0 Å². The number of hydrogen-bond acceptors (Lipinski definition) is 4. The van der Waals surface area contributed by atoms with Gasteiger partial charge in [-0.25, -0.2) is 4.79 Å². The molecule has 0 fully saturated rings. The molecule has 0 aliphatic carbocycles. The summed E-state index contributed by atoms with van der Waals surface area (Å²) in [6.07, 6.45) is 0. The molecule has 0 heterocycles. The predicted molar refractivity (Wildman–Crippen MR) is 79.4 cm³/mol. The van der Waals surface area contributed by atoms with E-state index in [1.54, 1.807) is 38.1 Å². The Morgan fingerprint density at radius 1 is 1.14 bits per heavy atom. The number of rotatable bonds is 8. The summed E-state index contributed by atoms with van der Waals surface area (Å²) < 4.78 is 5.22. The van der Waals surface area contributed by atoms with Crippen molar-refractivity contribution in [3.05, 3.63) is 30.3 Å². The minimum atomic E-state index is -1.11. The van der Waals surface area contributed by atoms with Crippen molar-refractivity contribution in [3.8, 4) is 5.75 Å². The van der Waals surface area contributed by atoms with E-state index in [0.29, 0.717) is 5.75 Å². The van der Waals surface area contributed by atoms with Crippen LogP contribution in [0.3, 0.4) is 0 Å². The molecule has 3 N–H and O–H groups in total. The molecule has 0 aliphatic rings. The van der Waals surface area contributed by atoms with Crippen LogP contribution >= 0.6 is 0 Å². The standard InChI is InChI=1S/C15H20N2O5/c1-10(2)14(15(20)21)17-12(18)8-16-13(19)9-22-11-6-4-3-5-7-11/h3-7,10,14H,8-9H2,1-2H3,(H,16,19)(H,17,18)(H,20,21). The first-order valence-corrected chi connectivity index (χ1v) is 6.87. The highest BCUT2D eigenvalue weighted by molar-refractivity contribution is 5.88. The van der Waals surface area contributed by atoms with E-state index in [4.69, 9.17) is 9.84 Å². The monoisotopic (exact) mass is 308 g/mol. The van der Waals surface area contributed by atoms with Crippen LogP contribution in [0.15, 0.2) is 30.3 Å². The molecule has 22 heavy (non-hydrogen) atoms. The van der Waals surface area contributed by atoms with Crippen LogP contribution in [0.4, 0.5) is 0 Å². The fraction of sp³-hybridized carbons (Fsp3) is 0.400. The van der Waals surface area contributed by atoms with Gasteiger partial charge in [0.2, 0.25) is 5.91 Å². The summed E-state index contributed by atoms with van der Waals surface area (Å²) in [4.78, 5) is 34.1. The Labute approximate surface area is 128 Å². The lowest BCUT2D eigenvalue weighted by Crippen LogP contribution is -2.48. The van der Waals surface area contributed by atoms with E-state index in [-0.39, 0.29) is 19.1 Å². The zero-order valence-corrected chi connectivity index (χ0v) is 12.5. The third-order valence-corrected chi connectivity index (χ3v) is 2.81. The van der Waals surface area contributed by atoms with Crippen molar-refractivity contribution >= 4 is 17.8 Å². The molecule has 0 aromatic heterocycles. The lowest BCUT2D eigenvalue weighted by molar-refractivity contribution is -0.143. The molecule has 1 unspecified atom stereocenters. The van der Waals surface area contributed by atoms with Crippen molar-refractivity contribution in [2.45, 2.75) is 19.9 Å². The van der Waals surface area contributed by atoms with E-state index >= 15 is 0 Å². The normalized spacial score (nSPS) is 11.6. The molecule has 1 rings (SSSR count). The van der Waals surface area contributed by atoms with Crippen LogP contribution in [0.1, 0.15) is 13.8 Å². The number of amides is 2. The smallest absolute Gasteiger partial charge is 0.326 e. The summed E-state index contributed by atoms with van der Waals surface area (Å²) in [5.74, 6) is -1.84. The van der Waals surface area contributed by atoms with Crippen molar-refractivity contribution in [3.63, 3.8) is 0 Å². The lowest BCUT2D eigenvalue weighted by atomic mass is 10.1. The van der Waals surface area contributed by atoms with Gasteiger partial charge in [0.05, 0.1) is 6.54 Å². The summed E-state index contributed by atoms with van der Waals surface area (Å²) in [7, 11) is 0. The quantitative estimate of drug-likeness (QED) is 0.645. The first kappa shape index (κ1) is 17.5. The highest BCUT2D eigenvalue weighted by atomic mass is 16.5. The van der Waals surface area contributed by atoms with Gasteiger partial charge in [-0.15, -0.1) is 0 Å². The molecular formula is C15H20N2O5. The molecule has 1 atom stereocenters. The number of ether oxygens (including phenoxy) is 1. The van der Waals surface area contributed by atoms with Crippen LogP contribution in [0.2, 0.25) is 0 Å². The SMILES string of the molecule is CC(C)C(NC(=O)CNC(=O)COc1ccccc1)C(=O)O. The maximum absolute atomic E-state index is 11.6. The third-order valence-electron chi connectivity index (χ3n) is 2.81. The van der Waals surface area contributed by atoms with Gasteiger partial charge in [0.25, 0.3) is 5.91 Å². The van der Waals surface area contributed by atoms with Gasteiger partial charge in [0.15, 0.2) is 6.61 Å². The number of carboxylic acid groups (broad SMARTS) is 1. The van der Waals surface area contributed by atoms with Gasteiger partial charge in [0.1, 0.15) is 11.8 Å². The van der Waals surface area contributed by atoms with Crippen molar-refractivity contribution in [1.82, 2.24) is 10.6 Å². The van der Waals surface area contributed by atoms with Crippen molar-refractivity contribution in [1.29, 1.82) is 0 Å². The molecule has 2 amide bonds. The zero-order valence-electron chi connectivity index (χ0n) is 12.5. The van der Waals surface area contributed by atoms with Gasteiger partial charge in [-0.2, -0.15) is 0 Å². The van der Waals surface area contributed by atoms with Gasteiger partial charge < -0.3 is 20.5 Å². The van der Waals surface area contributed by atoms with E-state index in [2.05, 4.69) is 10.6 Å². The maximum atomic E-state index is 11.6. The molecule has 7 heteroatoms.